The molecule has 0 bridgehead atoms. The third-order valence-corrected chi connectivity index (χ3v) is 14.3. The molecule has 0 amide bonds. The molecular formula is C59H34N4. The van der Waals surface area contributed by atoms with Gasteiger partial charge in [0.2, 0.25) is 5.95 Å². The summed E-state index contributed by atoms with van der Waals surface area (Å²) in [6.07, 6.45) is 0. The van der Waals surface area contributed by atoms with Crippen LogP contribution in [-0.4, -0.2) is 18.9 Å². The summed E-state index contributed by atoms with van der Waals surface area (Å²) in [4.78, 5) is 10.7. The second-order valence-corrected chi connectivity index (χ2v) is 17.2. The zero-order chi connectivity index (χ0) is 41.0. The molecule has 63 heavy (non-hydrogen) atoms. The average molecular weight is 799 g/mol. The minimum Gasteiger partial charge on any atom is -0.279 e. The van der Waals surface area contributed by atoms with Crippen LogP contribution < -0.4 is 0 Å². The lowest BCUT2D eigenvalue weighted by atomic mass is 9.69. The number of hydrogen-bond donors (Lipinski definition) is 0. The summed E-state index contributed by atoms with van der Waals surface area (Å²) in [7, 11) is 0. The Morgan fingerprint density at radius 3 is 1.73 bits per heavy atom. The first-order chi connectivity index (χ1) is 31.3. The van der Waals surface area contributed by atoms with E-state index in [1.165, 1.54) is 82.4 Å². The van der Waals surface area contributed by atoms with Crippen LogP contribution >= 0.6 is 0 Å². The Kier molecular flexibility index (Phi) is 6.32. The Morgan fingerprint density at radius 1 is 0.349 bits per heavy atom. The van der Waals surface area contributed by atoms with Gasteiger partial charge in [-0.2, -0.15) is 0 Å². The molecule has 2 aliphatic rings. The molecule has 0 N–H and O–H groups in total. The highest BCUT2D eigenvalue weighted by atomic mass is 15.2. The largest absolute Gasteiger partial charge is 0.279 e. The highest BCUT2D eigenvalue weighted by Crippen LogP contribution is 2.65. The van der Waals surface area contributed by atoms with E-state index in [4.69, 9.17) is 9.97 Å². The molecule has 10 aromatic carbocycles. The number of para-hydroxylation sites is 4. The van der Waals surface area contributed by atoms with Gasteiger partial charge >= 0.3 is 0 Å². The Bertz CT molecular complexity index is 4170. The number of aromatic nitrogens is 4. The van der Waals surface area contributed by atoms with Crippen molar-refractivity contribution in [3.63, 3.8) is 0 Å². The van der Waals surface area contributed by atoms with Gasteiger partial charge in [0.05, 0.1) is 33.0 Å². The van der Waals surface area contributed by atoms with E-state index in [2.05, 4.69) is 215 Å². The molecule has 15 rings (SSSR count). The van der Waals surface area contributed by atoms with Gasteiger partial charge in [0.15, 0.2) is 0 Å². The Hall–Kier alpha value is -8.34. The summed E-state index contributed by atoms with van der Waals surface area (Å²) in [5.41, 5.74) is 18.5. The molecule has 4 nitrogen and oxygen atoms in total. The minimum absolute atomic E-state index is 0.514. The number of nitrogens with zero attached hydrogens (tertiary/aromatic N) is 4. The fourth-order valence-corrected chi connectivity index (χ4v) is 11.8. The minimum atomic E-state index is -0.514. The number of rotatable bonds is 2. The molecule has 4 heteroatoms. The van der Waals surface area contributed by atoms with E-state index in [1.807, 2.05) is 0 Å². The normalized spacial score (nSPS) is 15.0. The highest BCUT2D eigenvalue weighted by molar-refractivity contribution is 6.20. The van der Waals surface area contributed by atoms with Crippen molar-refractivity contribution in [2.45, 2.75) is 5.41 Å². The Labute approximate surface area is 361 Å². The van der Waals surface area contributed by atoms with Crippen LogP contribution in [0.25, 0.3) is 110 Å². The maximum atomic E-state index is 5.46. The molecule has 1 atom stereocenters. The van der Waals surface area contributed by atoms with Crippen molar-refractivity contribution in [3.8, 4) is 39.3 Å². The van der Waals surface area contributed by atoms with Gasteiger partial charge in [0, 0.05) is 16.2 Å². The van der Waals surface area contributed by atoms with Gasteiger partial charge in [0.1, 0.15) is 5.65 Å². The van der Waals surface area contributed by atoms with Gasteiger partial charge in [-0.25, -0.2) is 9.97 Å². The summed E-state index contributed by atoms with van der Waals surface area (Å²) in [6, 6.07) is 76.1. The maximum absolute atomic E-state index is 5.46. The zero-order valence-electron chi connectivity index (χ0n) is 33.9. The predicted molar refractivity (Wildman–Crippen MR) is 259 cm³/mol. The summed E-state index contributed by atoms with van der Waals surface area (Å²) in [6.45, 7) is 0. The number of imidazole rings is 1. The van der Waals surface area contributed by atoms with Crippen molar-refractivity contribution >= 4 is 70.9 Å². The Balaban J connectivity index is 1.03. The smallest absolute Gasteiger partial charge is 0.221 e. The molecule has 0 aliphatic heterocycles. The summed E-state index contributed by atoms with van der Waals surface area (Å²) in [5.74, 6) is 0.822. The first-order valence-corrected chi connectivity index (χ1v) is 21.8. The van der Waals surface area contributed by atoms with Crippen LogP contribution in [0.5, 0.6) is 0 Å². The second-order valence-electron chi connectivity index (χ2n) is 17.2. The topological polar surface area (TPSA) is 35.1 Å². The van der Waals surface area contributed by atoms with Crippen LogP contribution in [0.3, 0.4) is 0 Å². The SMILES string of the molecule is c1ccc2c(c1)-c1ccc(-c3ccc4c5ccccc5n(-c5nc6ccccc6c6nc7ccccc7n56)c4c3)cc1C21c2ccccc2-c2c1c1ccccc1c1ccccc21. The molecule has 0 fully saturated rings. The van der Waals surface area contributed by atoms with E-state index in [0.717, 1.165) is 50.1 Å². The van der Waals surface area contributed by atoms with Gasteiger partial charge in [-0.05, 0) is 120 Å². The van der Waals surface area contributed by atoms with Crippen LogP contribution in [0.1, 0.15) is 22.3 Å². The molecule has 13 aromatic rings. The molecule has 1 spiro atoms. The van der Waals surface area contributed by atoms with Crippen LogP contribution in [0, 0.1) is 0 Å². The van der Waals surface area contributed by atoms with Gasteiger partial charge in [0.25, 0.3) is 0 Å². The quantitative estimate of drug-likeness (QED) is 0.163. The molecule has 0 radical (unpaired) electrons. The molecule has 1 unspecified atom stereocenters. The van der Waals surface area contributed by atoms with Crippen molar-refractivity contribution in [1.82, 2.24) is 18.9 Å². The number of hydrogen-bond acceptors (Lipinski definition) is 2. The van der Waals surface area contributed by atoms with E-state index in [0.29, 0.717) is 0 Å². The Morgan fingerprint density at radius 2 is 0.905 bits per heavy atom. The number of benzene rings is 10. The number of fused-ring (bicyclic) bond motifs is 23. The molecular weight excluding hydrogens is 765 g/mol. The van der Waals surface area contributed by atoms with E-state index in [-0.39, 0.29) is 0 Å². The monoisotopic (exact) mass is 798 g/mol. The van der Waals surface area contributed by atoms with E-state index < -0.39 is 5.41 Å². The lowest BCUT2D eigenvalue weighted by molar-refractivity contribution is 0.802. The van der Waals surface area contributed by atoms with Crippen molar-refractivity contribution in [1.29, 1.82) is 0 Å². The summed E-state index contributed by atoms with van der Waals surface area (Å²) >= 11 is 0. The molecule has 290 valence electrons. The van der Waals surface area contributed by atoms with Gasteiger partial charge in [-0.1, -0.05) is 164 Å². The van der Waals surface area contributed by atoms with Crippen LogP contribution in [0.15, 0.2) is 206 Å². The van der Waals surface area contributed by atoms with Crippen molar-refractivity contribution in [3.05, 3.63) is 229 Å². The molecule has 3 aromatic heterocycles. The first-order valence-electron chi connectivity index (χ1n) is 21.8. The van der Waals surface area contributed by atoms with Crippen LogP contribution in [0.2, 0.25) is 0 Å². The third-order valence-electron chi connectivity index (χ3n) is 14.3. The average Bonchev–Trinajstić information content (AvgIpc) is 4.08. The molecule has 3 heterocycles. The van der Waals surface area contributed by atoms with E-state index >= 15 is 0 Å². The van der Waals surface area contributed by atoms with Gasteiger partial charge in [-0.3, -0.25) is 8.97 Å². The zero-order valence-corrected chi connectivity index (χ0v) is 33.9. The summed E-state index contributed by atoms with van der Waals surface area (Å²) in [5, 5.41) is 8.60. The lowest BCUT2D eigenvalue weighted by Crippen LogP contribution is -2.26. The molecule has 0 saturated heterocycles. The van der Waals surface area contributed by atoms with Crippen molar-refractivity contribution < 1.29 is 0 Å². The second kappa shape index (κ2) is 11.9. The molecule has 0 saturated carbocycles. The van der Waals surface area contributed by atoms with Crippen LogP contribution in [-0.2, 0) is 5.41 Å². The third kappa shape index (κ3) is 4.11. The fourth-order valence-electron chi connectivity index (χ4n) is 11.8. The molecule has 2 aliphatic carbocycles. The predicted octanol–water partition coefficient (Wildman–Crippen LogP) is 14.4. The standard InChI is InChI=1S/C59H34N4/c1-3-19-43-37(15-1)38-16-2-4-20-44(38)56-55(43)45-21-6-10-24-48(45)59(56)47-23-9-5-17-39(47)40-31-29-35(33-49(40)59)36-30-32-42-41-18-8-13-27-52(41)62(54(42)34-36)58-61-50-25-11-7-22-46(50)57-60-51-26-12-14-28-53(51)63(57)58/h1-34H. The maximum Gasteiger partial charge on any atom is 0.221 e. The van der Waals surface area contributed by atoms with Gasteiger partial charge < -0.3 is 0 Å². The van der Waals surface area contributed by atoms with E-state index in [1.54, 1.807) is 0 Å². The summed E-state index contributed by atoms with van der Waals surface area (Å²) < 4.78 is 4.60. The van der Waals surface area contributed by atoms with Crippen molar-refractivity contribution in [2.75, 3.05) is 0 Å². The van der Waals surface area contributed by atoms with Crippen LogP contribution in [0.4, 0.5) is 0 Å². The van der Waals surface area contributed by atoms with Crippen molar-refractivity contribution in [2.24, 2.45) is 0 Å². The first kappa shape index (κ1) is 33.4. The highest BCUT2D eigenvalue weighted by Gasteiger charge is 2.53. The lowest BCUT2D eigenvalue weighted by Gasteiger charge is -2.32. The fraction of sp³-hybridized carbons (Fsp3) is 0.0169. The van der Waals surface area contributed by atoms with E-state index in [9.17, 15) is 0 Å². The van der Waals surface area contributed by atoms with Gasteiger partial charge in [-0.15, -0.1) is 0 Å².